The first-order valence-electron chi connectivity index (χ1n) is 15.0. The maximum Gasteiger partial charge on any atom is 0.224 e. The molecule has 7 heteroatoms. The third kappa shape index (κ3) is 7.08. The van der Waals surface area contributed by atoms with Gasteiger partial charge in [0, 0.05) is 19.0 Å². The van der Waals surface area contributed by atoms with Gasteiger partial charge in [-0.1, -0.05) is 37.1 Å². The standard InChI is InChI=1S/C32H43N7/c1-23-5-2-3-7-28(23)20-36-31-37-21-29(17-34)30(39-31)38-22-32-12-4-6-26(14-32)13-27(15-32)19-35-18-25-10-8-24(16-33)9-11-25/h2-3,5,7,21,24-27,35H,4,6,8-15,18-20,22H2,1H3,(H2,36,37,38,39)/t24-,25+,26?,27-,32-/m1/s1. The van der Waals surface area contributed by atoms with Gasteiger partial charge in [-0.25, -0.2) is 4.98 Å². The maximum atomic E-state index is 9.73. The van der Waals surface area contributed by atoms with E-state index in [2.05, 4.69) is 52.1 Å². The molecule has 0 saturated heterocycles. The lowest BCUT2D eigenvalue weighted by molar-refractivity contribution is 0.0496. The minimum Gasteiger partial charge on any atom is -0.368 e. The average Bonchev–Trinajstić information content (AvgIpc) is 2.96. The highest BCUT2D eigenvalue weighted by Gasteiger charge is 2.43. The number of hydrogen-bond acceptors (Lipinski definition) is 7. The first-order valence-corrected chi connectivity index (χ1v) is 15.0. The summed E-state index contributed by atoms with van der Waals surface area (Å²) in [5.74, 6) is 3.71. The molecule has 7 nitrogen and oxygen atoms in total. The van der Waals surface area contributed by atoms with Crippen molar-refractivity contribution in [2.75, 3.05) is 30.3 Å². The summed E-state index contributed by atoms with van der Waals surface area (Å²) in [7, 11) is 0. The van der Waals surface area contributed by atoms with Gasteiger partial charge in [-0.3, -0.25) is 0 Å². The Morgan fingerprint density at radius 2 is 1.82 bits per heavy atom. The fraction of sp³-hybridized carbons (Fsp3) is 0.625. The normalized spacial score (nSPS) is 28.2. The smallest absolute Gasteiger partial charge is 0.224 e. The van der Waals surface area contributed by atoms with Crippen LogP contribution in [-0.2, 0) is 6.54 Å². The summed E-state index contributed by atoms with van der Waals surface area (Å²) in [4.78, 5) is 9.11. The number of anilines is 2. The molecule has 0 spiro atoms. The van der Waals surface area contributed by atoms with E-state index in [1.165, 1.54) is 62.5 Å². The summed E-state index contributed by atoms with van der Waals surface area (Å²) in [6.07, 6.45) is 13.9. The summed E-state index contributed by atoms with van der Waals surface area (Å²) in [5, 5.41) is 29.7. The van der Waals surface area contributed by atoms with Crippen molar-refractivity contribution < 1.29 is 0 Å². The van der Waals surface area contributed by atoms with E-state index >= 15 is 0 Å². The number of benzene rings is 1. The molecule has 3 saturated carbocycles. The number of nitrogens with zero attached hydrogens (tertiary/aromatic N) is 4. The number of hydrogen-bond donors (Lipinski definition) is 3. The lowest BCUT2D eigenvalue weighted by Gasteiger charge is -2.49. The molecule has 3 N–H and O–H groups in total. The average molecular weight is 526 g/mol. The molecule has 1 aromatic heterocycles. The summed E-state index contributed by atoms with van der Waals surface area (Å²) in [5.41, 5.74) is 3.21. The monoisotopic (exact) mass is 525 g/mol. The third-order valence-electron chi connectivity index (χ3n) is 9.56. The number of rotatable bonds is 10. The molecule has 1 unspecified atom stereocenters. The molecular formula is C32H43N7. The van der Waals surface area contributed by atoms with Gasteiger partial charge in [-0.2, -0.15) is 15.5 Å². The van der Waals surface area contributed by atoms with Gasteiger partial charge in [-0.05, 0) is 106 Å². The van der Waals surface area contributed by atoms with E-state index in [1.54, 1.807) is 6.20 Å². The van der Waals surface area contributed by atoms with Gasteiger partial charge in [0.2, 0.25) is 5.95 Å². The minimum absolute atomic E-state index is 0.269. The van der Waals surface area contributed by atoms with Gasteiger partial charge in [0.25, 0.3) is 0 Å². The van der Waals surface area contributed by atoms with Crippen LogP contribution >= 0.6 is 0 Å². The molecule has 3 aliphatic rings. The number of aromatic nitrogens is 2. The Bertz CT molecular complexity index is 1190. The minimum atomic E-state index is 0.269. The van der Waals surface area contributed by atoms with Crippen LogP contribution in [0, 0.1) is 58.7 Å². The second-order valence-corrected chi connectivity index (χ2v) is 12.5. The lowest BCUT2D eigenvalue weighted by atomic mass is 9.59. The highest BCUT2D eigenvalue weighted by Crippen LogP contribution is 2.51. The Hall–Kier alpha value is -3.16. The Morgan fingerprint density at radius 3 is 2.62 bits per heavy atom. The van der Waals surface area contributed by atoms with Gasteiger partial charge >= 0.3 is 0 Å². The van der Waals surface area contributed by atoms with Gasteiger partial charge in [0.1, 0.15) is 17.5 Å². The molecule has 39 heavy (non-hydrogen) atoms. The first-order chi connectivity index (χ1) is 19.1. The second-order valence-electron chi connectivity index (χ2n) is 12.5. The Morgan fingerprint density at radius 1 is 1.00 bits per heavy atom. The predicted molar refractivity (Wildman–Crippen MR) is 155 cm³/mol. The first kappa shape index (κ1) is 27.4. The van der Waals surface area contributed by atoms with Crippen molar-refractivity contribution in [2.24, 2.45) is 29.1 Å². The van der Waals surface area contributed by atoms with E-state index in [9.17, 15) is 5.26 Å². The second kappa shape index (κ2) is 12.8. The van der Waals surface area contributed by atoms with Crippen molar-refractivity contribution in [1.82, 2.24) is 15.3 Å². The Kier molecular flexibility index (Phi) is 8.99. The van der Waals surface area contributed by atoms with E-state index in [0.717, 1.165) is 44.3 Å². The zero-order chi connectivity index (χ0) is 27.1. The Balaban J connectivity index is 1.17. The molecule has 5 rings (SSSR count). The van der Waals surface area contributed by atoms with Gasteiger partial charge < -0.3 is 16.0 Å². The van der Waals surface area contributed by atoms with Crippen molar-refractivity contribution in [3.8, 4) is 12.1 Å². The maximum absolute atomic E-state index is 9.73. The van der Waals surface area contributed by atoms with Crippen molar-refractivity contribution in [1.29, 1.82) is 10.5 Å². The van der Waals surface area contributed by atoms with E-state index in [-0.39, 0.29) is 11.3 Å². The predicted octanol–water partition coefficient (Wildman–Crippen LogP) is 6.19. The molecule has 0 radical (unpaired) electrons. The summed E-state index contributed by atoms with van der Waals surface area (Å²) < 4.78 is 0. The van der Waals surface area contributed by atoms with Crippen LogP contribution in [0.5, 0.6) is 0 Å². The molecule has 1 aromatic carbocycles. The van der Waals surface area contributed by atoms with Crippen molar-refractivity contribution in [3.05, 3.63) is 47.2 Å². The molecule has 0 aliphatic heterocycles. The molecule has 0 amide bonds. The fourth-order valence-electron chi connectivity index (χ4n) is 7.45. The van der Waals surface area contributed by atoms with Crippen LogP contribution in [-0.4, -0.2) is 29.6 Å². The van der Waals surface area contributed by atoms with Crippen molar-refractivity contribution in [3.63, 3.8) is 0 Å². The van der Waals surface area contributed by atoms with Crippen LogP contribution in [0.3, 0.4) is 0 Å². The molecule has 2 aromatic rings. The zero-order valence-corrected chi connectivity index (χ0v) is 23.4. The van der Waals surface area contributed by atoms with Crippen LogP contribution in [0.1, 0.15) is 80.9 Å². The van der Waals surface area contributed by atoms with Gasteiger partial charge in [0.05, 0.1) is 12.3 Å². The summed E-state index contributed by atoms with van der Waals surface area (Å²) >= 11 is 0. The molecular weight excluding hydrogens is 482 g/mol. The van der Waals surface area contributed by atoms with Crippen LogP contribution in [0.4, 0.5) is 11.8 Å². The van der Waals surface area contributed by atoms with Gasteiger partial charge in [0.15, 0.2) is 0 Å². The lowest BCUT2D eigenvalue weighted by Crippen LogP contribution is -2.44. The fourth-order valence-corrected chi connectivity index (χ4v) is 7.45. The molecule has 3 aliphatic carbocycles. The molecule has 2 bridgehead atoms. The topological polar surface area (TPSA) is 109 Å². The number of nitrogens with one attached hydrogen (secondary N) is 3. The van der Waals surface area contributed by atoms with E-state index in [1.807, 2.05) is 12.1 Å². The van der Waals surface area contributed by atoms with Crippen molar-refractivity contribution >= 4 is 11.8 Å². The van der Waals surface area contributed by atoms with Crippen LogP contribution < -0.4 is 16.0 Å². The number of aryl methyl sites for hydroxylation is 1. The zero-order valence-electron chi connectivity index (χ0n) is 23.4. The van der Waals surface area contributed by atoms with Crippen LogP contribution in [0.15, 0.2) is 30.5 Å². The molecule has 206 valence electrons. The molecule has 3 atom stereocenters. The Labute approximate surface area is 233 Å². The van der Waals surface area contributed by atoms with Gasteiger partial charge in [-0.15, -0.1) is 0 Å². The summed E-state index contributed by atoms with van der Waals surface area (Å²) in [6, 6.07) is 13.0. The van der Waals surface area contributed by atoms with Crippen LogP contribution in [0.2, 0.25) is 0 Å². The highest BCUT2D eigenvalue weighted by atomic mass is 15.1. The molecule has 1 heterocycles. The SMILES string of the molecule is Cc1ccccc1CNc1ncc(C#N)c(NC[C@@]23CCCC(C[C@@H](CNC[C@H]4CC[C@@H](C#N)CC4)C2)C3)n1. The van der Waals surface area contributed by atoms with E-state index < -0.39 is 0 Å². The van der Waals surface area contributed by atoms with Crippen LogP contribution in [0.25, 0.3) is 0 Å². The number of fused-ring (bicyclic) bond motifs is 2. The molecule has 3 fully saturated rings. The largest absolute Gasteiger partial charge is 0.368 e. The van der Waals surface area contributed by atoms with Crippen molar-refractivity contribution in [2.45, 2.75) is 77.7 Å². The van der Waals surface area contributed by atoms with E-state index in [4.69, 9.17) is 10.2 Å². The number of nitriles is 2. The summed E-state index contributed by atoms with van der Waals surface area (Å²) in [6.45, 7) is 5.81. The highest BCUT2D eigenvalue weighted by molar-refractivity contribution is 5.53. The third-order valence-corrected chi connectivity index (χ3v) is 9.56. The van der Waals surface area contributed by atoms with E-state index in [0.29, 0.717) is 29.8 Å². The quantitative estimate of drug-likeness (QED) is 0.339.